The van der Waals surface area contributed by atoms with Crippen molar-refractivity contribution < 1.29 is 9.84 Å². The number of aryl methyl sites for hydroxylation is 1. The number of aliphatic hydroxyl groups is 1. The van der Waals surface area contributed by atoms with Crippen molar-refractivity contribution in [3.8, 4) is 23.3 Å². The van der Waals surface area contributed by atoms with Crippen LogP contribution in [0.15, 0.2) is 59.7 Å². The summed E-state index contributed by atoms with van der Waals surface area (Å²) in [6.07, 6.45) is 0.522. The summed E-state index contributed by atoms with van der Waals surface area (Å²) >= 11 is 0. The zero-order valence-corrected chi connectivity index (χ0v) is 20.1. The number of aliphatic hydroxyl groups excluding tert-OH is 1. The lowest BCUT2D eigenvalue weighted by Gasteiger charge is -2.18. The maximum absolute atomic E-state index is 13.9. The topological polar surface area (TPSA) is 121 Å². The van der Waals surface area contributed by atoms with Crippen LogP contribution in [0, 0.1) is 18.8 Å². The van der Waals surface area contributed by atoms with Crippen LogP contribution >= 0.6 is 0 Å². The number of ether oxygens (including phenoxy) is 1. The number of methoxy groups -OCH3 is 1. The molecule has 5 rings (SSSR count). The Bertz CT molecular complexity index is 1740. The van der Waals surface area contributed by atoms with Gasteiger partial charge in [-0.15, -0.1) is 0 Å². The molecule has 0 radical (unpaired) electrons. The van der Waals surface area contributed by atoms with Gasteiger partial charge in [0.25, 0.3) is 5.56 Å². The van der Waals surface area contributed by atoms with Crippen LogP contribution in [-0.4, -0.2) is 42.6 Å². The summed E-state index contributed by atoms with van der Waals surface area (Å²) in [6, 6.07) is 15.1. The fourth-order valence-corrected chi connectivity index (χ4v) is 4.34. The van der Waals surface area contributed by atoms with Gasteiger partial charge in [-0.25, -0.2) is 14.6 Å². The minimum atomic E-state index is -0.837. The third kappa shape index (κ3) is 3.93. The lowest BCUT2D eigenvalue weighted by Crippen LogP contribution is -2.25. The van der Waals surface area contributed by atoms with Crippen LogP contribution in [0.5, 0.6) is 5.75 Å². The molecule has 1 atom stereocenters. The van der Waals surface area contributed by atoms with Crippen molar-refractivity contribution in [3.05, 3.63) is 82.2 Å². The molecule has 3 N–H and O–H groups in total. The molecule has 0 fully saturated rings. The molecule has 1 unspecified atom stereocenters. The molecule has 180 valence electrons. The van der Waals surface area contributed by atoms with Crippen molar-refractivity contribution in [2.75, 3.05) is 12.8 Å². The molecule has 0 aliphatic carbocycles. The summed E-state index contributed by atoms with van der Waals surface area (Å²) in [5.74, 6) is 6.36. The Hall–Kier alpha value is -4.68. The van der Waals surface area contributed by atoms with Crippen LogP contribution in [-0.2, 0) is 6.54 Å². The van der Waals surface area contributed by atoms with Gasteiger partial charge in [0.05, 0.1) is 30.1 Å². The molecule has 0 aliphatic rings. The molecule has 9 heteroatoms. The molecule has 0 amide bonds. The Balaban J connectivity index is 1.79. The summed E-state index contributed by atoms with van der Waals surface area (Å²) in [4.78, 5) is 22.4. The molecule has 36 heavy (non-hydrogen) atoms. The maximum Gasteiger partial charge on any atom is 0.263 e. The van der Waals surface area contributed by atoms with Crippen molar-refractivity contribution >= 4 is 27.6 Å². The van der Waals surface area contributed by atoms with Gasteiger partial charge in [0, 0.05) is 5.69 Å². The SMILES string of the molecule is COc1ccccc1-n1c(Cn2nc(C#CC(C)O)c3c(N)ncnc32)cc2cccc(C)c2c1=O. The Morgan fingerprint density at radius 2 is 1.94 bits per heavy atom. The van der Waals surface area contributed by atoms with Gasteiger partial charge >= 0.3 is 0 Å². The van der Waals surface area contributed by atoms with Gasteiger partial charge in [-0.05, 0) is 48.9 Å². The number of nitrogens with two attached hydrogens (primary N) is 1. The first-order valence-corrected chi connectivity index (χ1v) is 11.3. The Morgan fingerprint density at radius 1 is 1.14 bits per heavy atom. The van der Waals surface area contributed by atoms with Gasteiger partial charge in [0.2, 0.25) is 0 Å². The number of aromatic nitrogens is 5. The van der Waals surface area contributed by atoms with E-state index in [0.29, 0.717) is 39.2 Å². The lowest BCUT2D eigenvalue weighted by molar-refractivity contribution is 0.253. The zero-order chi connectivity index (χ0) is 25.4. The zero-order valence-electron chi connectivity index (χ0n) is 20.1. The minimum absolute atomic E-state index is 0.162. The second-order valence-corrected chi connectivity index (χ2v) is 8.40. The van der Waals surface area contributed by atoms with Crippen molar-refractivity contribution in [3.63, 3.8) is 0 Å². The third-order valence-electron chi connectivity index (χ3n) is 5.93. The average Bonchev–Trinajstić information content (AvgIpc) is 3.21. The molecule has 9 nitrogen and oxygen atoms in total. The highest BCUT2D eigenvalue weighted by atomic mass is 16.5. The van der Waals surface area contributed by atoms with Crippen molar-refractivity contribution in [2.45, 2.75) is 26.5 Å². The lowest BCUT2D eigenvalue weighted by atomic mass is 10.1. The van der Waals surface area contributed by atoms with Crippen LogP contribution in [0.1, 0.15) is 23.9 Å². The van der Waals surface area contributed by atoms with E-state index in [4.69, 9.17) is 10.5 Å². The average molecular weight is 481 g/mol. The summed E-state index contributed by atoms with van der Waals surface area (Å²) in [5, 5.41) is 16.2. The van der Waals surface area contributed by atoms with Crippen LogP contribution in [0.2, 0.25) is 0 Å². The number of anilines is 1. The van der Waals surface area contributed by atoms with Crippen molar-refractivity contribution in [1.29, 1.82) is 0 Å². The van der Waals surface area contributed by atoms with Gasteiger partial charge in [-0.1, -0.05) is 36.3 Å². The molecule has 0 bridgehead atoms. The highest BCUT2D eigenvalue weighted by molar-refractivity contribution is 5.90. The van der Waals surface area contributed by atoms with E-state index in [1.165, 1.54) is 6.33 Å². The summed E-state index contributed by atoms with van der Waals surface area (Å²) < 4.78 is 8.87. The number of pyridine rings is 1. The Labute approximate surface area is 206 Å². The van der Waals surface area contributed by atoms with Gasteiger partial charge in [-0.2, -0.15) is 5.10 Å². The maximum atomic E-state index is 13.9. The summed E-state index contributed by atoms with van der Waals surface area (Å²) in [5.41, 5.74) is 8.97. The molecule has 0 spiro atoms. The van der Waals surface area contributed by atoms with E-state index in [2.05, 4.69) is 26.9 Å². The molecular formula is C27H24N6O3. The van der Waals surface area contributed by atoms with Gasteiger partial charge < -0.3 is 15.6 Å². The van der Waals surface area contributed by atoms with Crippen LogP contribution in [0.4, 0.5) is 5.82 Å². The highest BCUT2D eigenvalue weighted by Gasteiger charge is 2.19. The number of fused-ring (bicyclic) bond motifs is 2. The second kappa shape index (κ2) is 9.17. The largest absolute Gasteiger partial charge is 0.495 e. The third-order valence-corrected chi connectivity index (χ3v) is 5.93. The molecule has 0 aliphatic heterocycles. The van der Waals surface area contributed by atoms with Crippen LogP contribution < -0.4 is 16.0 Å². The van der Waals surface area contributed by atoms with E-state index >= 15 is 0 Å². The molecule has 0 saturated carbocycles. The molecule has 3 heterocycles. The molecular weight excluding hydrogens is 456 g/mol. The van der Waals surface area contributed by atoms with E-state index in [0.717, 1.165) is 10.9 Å². The van der Waals surface area contributed by atoms with Gasteiger partial charge in [-0.3, -0.25) is 9.36 Å². The minimum Gasteiger partial charge on any atom is -0.495 e. The second-order valence-electron chi connectivity index (χ2n) is 8.40. The standard InChI is InChI=1S/C27H24N6O3/c1-16-7-6-8-18-13-19(33(27(35)23(16)18)21-9-4-5-10-22(21)36-3)14-32-26-24(25(28)29-15-30-26)20(31-32)12-11-17(2)34/h4-10,13,15,17,34H,14H2,1-3H3,(H2,28,29,30). The normalized spacial score (nSPS) is 11.9. The Kier molecular flexibility index (Phi) is 5.88. The van der Waals surface area contributed by atoms with Crippen LogP contribution in [0.25, 0.3) is 27.5 Å². The quantitative estimate of drug-likeness (QED) is 0.380. The van der Waals surface area contributed by atoms with Gasteiger partial charge in [0.15, 0.2) is 5.65 Å². The van der Waals surface area contributed by atoms with E-state index in [9.17, 15) is 9.90 Å². The van der Waals surface area contributed by atoms with Crippen LogP contribution in [0.3, 0.4) is 0 Å². The predicted molar refractivity (Wildman–Crippen MR) is 138 cm³/mol. The molecule has 3 aromatic heterocycles. The number of nitrogens with zero attached hydrogens (tertiary/aromatic N) is 5. The first-order chi connectivity index (χ1) is 17.4. The number of benzene rings is 2. The fraction of sp³-hybridized carbons (Fsp3) is 0.185. The summed E-state index contributed by atoms with van der Waals surface area (Å²) in [6.45, 7) is 3.68. The van der Waals surface area contributed by atoms with E-state index in [1.54, 1.807) is 23.3 Å². The first-order valence-electron chi connectivity index (χ1n) is 11.3. The van der Waals surface area contributed by atoms with Crippen molar-refractivity contribution in [2.24, 2.45) is 0 Å². The molecule has 2 aromatic carbocycles. The fourth-order valence-electron chi connectivity index (χ4n) is 4.34. The number of nitrogen functional groups attached to an aromatic ring is 1. The number of para-hydroxylation sites is 2. The summed E-state index contributed by atoms with van der Waals surface area (Å²) in [7, 11) is 1.57. The number of hydrogen-bond donors (Lipinski definition) is 2. The molecule has 5 aromatic rings. The van der Waals surface area contributed by atoms with E-state index < -0.39 is 6.10 Å². The molecule has 0 saturated heterocycles. The number of rotatable bonds is 4. The van der Waals surface area contributed by atoms with Gasteiger partial charge in [0.1, 0.15) is 29.7 Å². The Morgan fingerprint density at radius 3 is 2.72 bits per heavy atom. The van der Waals surface area contributed by atoms with E-state index in [1.807, 2.05) is 55.5 Å². The number of hydrogen-bond acceptors (Lipinski definition) is 7. The first kappa shape index (κ1) is 23.1. The smallest absolute Gasteiger partial charge is 0.263 e. The highest BCUT2D eigenvalue weighted by Crippen LogP contribution is 2.27. The monoisotopic (exact) mass is 480 g/mol. The predicted octanol–water partition coefficient (Wildman–Crippen LogP) is 2.81. The van der Waals surface area contributed by atoms with Crippen molar-refractivity contribution in [1.82, 2.24) is 24.3 Å². The van der Waals surface area contributed by atoms with E-state index in [-0.39, 0.29) is 17.9 Å².